The number of carboxylic acid groups (broad SMARTS) is 1. The summed E-state index contributed by atoms with van der Waals surface area (Å²) in [5.41, 5.74) is 0.433. The Labute approximate surface area is 146 Å². The van der Waals surface area contributed by atoms with Crippen LogP contribution in [0.4, 0.5) is 10.5 Å². The highest BCUT2D eigenvalue weighted by molar-refractivity contribution is 5.98. The normalized spacial score (nSPS) is 16.6. The van der Waals surface area contributed by atoms with E-state index in [1.807, 2.05) is 13.8 Å². The number of rotatable bonds is 5. The van der Waals surface area contributed by atoms with E-state index in [0.717, 1.165) is 6.42 Å². The lowest BCUT2D eigenvalue weighted by molar-refractivity contribution is -0.119. The summed E-state index contributed by atoms with van der Waals surface area (Å²) in [5, 5.41) is 14.6. The minimum Gasteiger partial charge on any atom is -0.496 e. The predicted molar refractivity (Wildman–Crippen MR) is 92.0 cm³/mol. The van der Waals surface area contributed by atoms with Gasteiger partial charge in [-0.3, -0.25) is 4.79 Å². The van der Waals surface area contributed by atoms with Crippen LogP contribution in [-0.2, 0) is 4.79 Å². The van der Waals surface area contributed by atoms with Gasteiger partial charge in [-0.1, -0.05) is 0 Å². The Morgan fingerprint density at radius 1 is 1.32 bits per heavy atom. The molecule has 1 aromatic carbocycles. The highest BCUT2D eigenvalue weighted by atomic mass is 16.5. The molecule has 25 heavy (non-hydrogen) atoms. The van der Waals surface area contributed by atoms with Crippen molar-refractivity contribution in [3.05, 3.63) is 23.8 Å². The summed E-state index contributed by atoms with van der Waals surface area (Å²) >= 11 is 0. The summed E-state index contributed by atoms with van der Waals surface area (Å²) in [6, 6.07) is 3.50. The molecule has 136 valence electrons. The lowest BCUT2D eigenvalue weighted by Gasteiger charge is -2.25. The van der Waals surface area contributed by atoms with Gasteiger partial charge in [-0.2, -0.15) is 0 Å². The fourth-order valence-electron chi connectivity index (χ4n) is 2.78. The van der Waals surface area contributed by atoms with Gasteiger partial charge in [0.05, 0.1) is 7.11 Å². The van der Waals surface area contributed by atoms with E-state index in [1.54, 1.807) is 0 Å². The van der Waals surface area contributed by atoms with Crippen LogP contribution in [0.5, 0.6) is 5.75 Å². The second-order valence-corrected chi connectivity index (χ2v) is 6.17. The smallest absolute Gasteiger partial charge is 0.339 e. The number of carbonyl (C=O) groups excluding carboxylic acids is 2. The molecule has 1 aliphatic rings. The Morgan fingerprint density at radius 3 is 2.64 bits per heavy atom. The molecule has 3 N–H and O–H groups in total. The van der Waals surface area contributed by atoms with Gasteiger partial charge < -0.3 is 25.4 Å². The third kappa shape index (κ3) is 4.40. The number of anilines is 1. The van der Waals surface area contributed by atoms with E-state index >= 15 is 0 Å². The Hall–Kier alpha value is -2.77. The van der Waals surface area contributed by atoms with Crippen LogP contribution in [0, 0.1) is 0 Å². The van der Waals surface area contributed by atoms with Gasteiger partial charge in [-0.05, 0) is 38.8 Å². The number of likely N-dealkylation sites (tertiary alicyclic amines) is 1. The molecule has 0 radical (unpaired) electrons. The number of nitrogens with zero attached hydrogens (tertiary/aromatic N) is 1. The zero-order valence-corrected chi connectivity index (χ0v) is 14.5. The van der Waals surface area contributed by atoms with Gasteiger partial charge in [0.25, 0.3) is 0 Å². The average molecular weight is 349 g/mol. The topological polar surface area (TPSA) is 108 Å². The number of carboxylic acids is 1. The van der Waals surface area contributed by atoms with Crippen molar-refractivity contribution in [3.63, 3.8) is 0 Å². The number of benzene rings is 1. The molecule has 8 heteroatoms. The van der Waals surface area contributed by atoms with Crippen LogP contribution in [0.25, 0.3) is 0 Å². The molecule has 1 atom stereocenters. The molecule has 0 aliphatic carbocycles. The number of aromatic carboxylic acids is 1. The van der Waals surface area contributed by atoms with Gasteiger partial charge >= 0.3 is 12.0 Å². The SMILES string of the molecule is COc1cc(NC(=O)[C@@H]2CCCN2C(=O)NC(C)C)ccc1C(=O)O. The third-order valence-electron chi connectivity index (χ3n) is 3.93. The summed E-state index contributed by atoms with van der Waals surface area (Å²) in [6.45, 7) is 4.25. The molecule has 1 heterocycles. The van der Waals surface area contributed by atoms with Crippen molar-refractivity contribution >= 4 is 23.6 Å². The van der Waals surface area contributed by atoms with Gasteiger partial charge in [-0.15, -0.1) is 0 Å². The predicted octanol–water partition coefficient (Wildman–Crippen LogP) is 1.91. The number of ether oxygens (including phenoxy) is 1. The van der Waals surface area contributed by atoms with E-state index in [2.05, 4.69) is 10.6 Å². The number of hydrogen-bond acceptors (Lipinski definition) is 4. The average Bonchev–Trinajstić information content (AvgIpc) is 3.03. The third-order valence-corrected chi connectivity index (χ3v) is 3.93. The number of amides is 3. The molecule has 2 rings (SSSR count). The van der Waals surface area contributed by atoms with Crippen molar-refractivity contribution in [3.8, 4) is 5.75 Å². The Balaban J connectivity index is 2.10. The van der Waals surface area contributed by atoms with E-state index in [9.17, 15) is 14.4 Å². The van der Waals surface area contributed by atoms with Crippen LogP contribution in [-0.4, -0.2) is 53.7 Å². The molecule has 0 bridgehead atoms. The molecular formula is C17H23N3O5. The van der Waals surface area contributed by atoms with Crippen molar-refractivity contribution in [2.45, 2.75) is 38.8 Å². The molecule has 0 aromatic heterocycles. The lowest BCUT2D eigenvalue weighted by atomic mass is 10.1. The second kappa shape index (κ2) is 7.87. The van der Waals surface area contributed by atoms with Gasteiger partial charge in [0.15, 0.2) is 0 Å². The maximum atomic E-state index is 12.5. The highest BCUT2D eigenvalue weighted by Crippen LogP contribution is 2.25. The molecular weight excluding hydrogens is 326 g/mol. The zero-order chi connectivity index (χ0) is 18.6. The number of urea groups is 1. The van der Waals surface area contributed by atoms with E-state index in [1.165, 1.54) is 30.2 Å². The van der Waals surface area contributed by atoms with Crippen molar-refractivity contribution in [2.75, 3.05) is 19.0 Å². The number of methoxy groups -OCH3 is 1. The van der Waals surface area contributed by atoms with Crippen LogP contribution >= 0.6 is 0 Å². The maximum Gasteiger partial charge on any atom is 0.339 e. The van der Waals surface area contributed by atoms with Gasteiger partial charge in [0, 0.05) is 24.3 Å². The summed E-state index contributed by atoms with van der Waals surface area (Å²) in [6.07, 6.45) is 1.34. The van der Waals surface area contributed by atoms with Crippen LogP contribution < -0.4 is 15.4 Å². The molecule has 1 fully saturated rings. The minimum atomic E-state index is -1.11. The van der Waals surface area contributed by atoms with Crippen molar-refractivity contribution < 1.29 is 24.2 Å². The molecule has 1 saturated heterocycles. The number of carbonyl (C=O) groups is 3. The van der Waals surface area contributed by atoms with Crippen LogP contribution in [0.3, 0.4) is 0 Å². The quantitative estimate of drug-likeness (QED) is 0.752. The molecule has 0 spiro atoms. The van der Waals surface area contributed by atoms with E-state index < -0.39 is 12.0 Å². The van der Waals surface area contributed by atoms with E-state index in [4.69, 9.17) is 9.84 Å². The molecule has 3 amide bonds. The maximum absolute atomic E-state index is 12.5. The largest absolute Gasteiger partial charge is 0.496 e. The first kappa shape index (κ1) is 18.6. The summed E-state index contributed by atoms with van der Waals surface area (Å²) in [4.78, 5) is 37.4. The van der Waals surface area contributed by atoms with Gasteiger partial charge in [0.2, 0.25) is 5.91 Å². The summed E-state index contributed by atoms with van der Waals surface area (Å²) < 4.78 is 5.05. The first-order chi connectivity index (χ1) is 11.8. The van der Waals surface area contributed by atoms with E-state index in [-0.39, 0.29) is 29.3 Å². The second-order valence-electron chi connectivity index (χ2n) is 6.17. The van der Waals surface area contributed by atoms with Crippen LogP contribution in [0.15, 0.2) is 18.2 Å². The molecule has 0 saturated carbocycles. The summed E-state index contributed by atoms with van der Waals surface area (Å²) in [7, 11) is 1.36. The highest BCUT2D eigenvalue weighted by Gasteiger charge is 2.34. The fraction of sp³-hybridized carbons (Fsp3) is 0.471. The van der Waals surface area contributed by atoms with E-state index in [0.29, 0.717) is 18.7 Å². The van der Waals surface area contributed by atoms with Crippen molar-refractivity contribution in [1.82, 2.24) is 10.2 Å². The van der Waals surface area contributed by atoms with Crippen LogP contribution in [0.2, 0.25) is 0 Å². The van der Waals surface area contributed by atoms with Crippen molar-refractivity contribution in [2.24, 2.45) is 0 Å². The Morgan fingerprint density at radius 2 is 2.04 bits per heavy atom. The molecule has 0 unspecified atom stereocenters. The Kier molecular flexibility index (Phi) is 5.84. The first-order valence-corrected chi connectivity index (χ1v) is 8.12. The summed E-state index contributed by atoms with van der Waals surface area (Å²) in [5.74, 6) is -1.25. The van der Waals surface area contributed by atoms with Crippen molar-refractivity contribution in [1.29, 1.82) is 0 Å². The lowest BCUT2D eigenvalue weighted by Crippen LogP contribution is -2.49. The zero-order valence-electron chi connectivity index (χ0n) is 14.5. The van der Waals surface area contributed by atoms with Gasteiger partial charge in [-0.25, -0.2) is 9.59 Å². The molecule has 1 aromatic rings. The fourth-order valence-corrected chi connectivity index (χ4v) is 2.78. The number of hydrogen-bond donors (Lipinski definition) is 3. The molecule has 8 nitrogen and oxygen atoms in total. The molecule has 1 aliphatic heterocycles. The van der Waals surface area contributed by atoms with Gasteiger partial charge in [0.1, 0.15) is 17.4 Å². The standard InChI is InChI=1S/C17H23N3O5/c1-10(2)18-17(24)20-8-4-5-13(20)15(21)19-11-6-7-12(16(22)23)14(9-11)25-3/h6-7,9-10,13H,4-5,8H2,1-3H3,(H,18,24)(H,19,21)(H,22,23)/t13-/m0/s1. The van der Waals surface area contributed by atoms with Crippen LogP contribution in [0.1, 0.15) is 37.0 Å². The minimum absolute atomic E-state index is 0.00960. The monoisotopic (exact) mass is 349 g/mol. The first-order valence-electron chi connectivity index (χ1n) is 8.12. The number of nitrogens with one attached hydrogen (secondary N) is 2. The Bertz CT molecular complexity index is 674.